The molecule has 2 aromatic heterocycles. The topological polar surface area (TPSA) is 176 Å². The van der Waals surface area contributed by atoms with Crippen molar-refractivity contribution in [3.05, 3.63) is 90.1 Å². The molecule has 2 N–H and O–H groups in total. The summed E-state index contributed by atoms with van der Waals surface area (Å²) in [6, 6.07) is 20.5. The highest BCUT2D eigenvalue weighted by atomic mass is 16.7. The van der Waals surface area contributed by atoms with Gasteiger partial charge in [0.2, 0.25) is 5.65 Å². The average Bonchev–Trinajstić information content (AvgIpc) is 3.69. The second-order valence-electron chi connectivity index (χ2n) is 12.5. The van der Waals surface area contributed by atoms with Crippen molar-refractivity contribution in [3.63, 3.8) is 0 Å². The lowest BCUT2D eigenvalue weighted by Gasteiger charge is -2.27. The molecule has 258 valence electrons. The number of likely N-dealkylation sites (tertiary alicyclic amines) is 1. The molecule has 49 heavy (non-hydrogen) atoms. The van der Waals surface area contributed by atoms with E-state index in [-0.39, 0.29) is 44.9 Å². The first-order chi connectivity index (χ1) is 23.5. The number of hydrogen-bond donors (Lipinski definition) is 2. The predicted molar refractivity (Wildman–Crippen MR) is 174 cm³/mol. The maximum absolute atomic E-state index is 14.0. The number of pyridine rings is 1. The van der Waals surface area contributed by atoms with Crippen LogP contribution in [0, 0.1) is 0 Å². The standard InChI is InChI=1S/C34H39N7O8/c1-33(2,3)48-29(42)27-20-34(23-40(27)32(45)47-22-25-14-8-5-9-15-25,30(43)49-41-28-26(38-39-41)16-10-17-35-28)37-19-11-18-36-31(44)46-21-24-12-6-4-7-13-24/h4-10,12-17,27,37H,11,18-23H2,1-3H3,(H,36,44)/t27-,34-/m0/s1. The van der Waals surface area contributed by atoms with E-state index in [1.54, 1.807) is 45.0 Å². The number of alkyl carbamates (subject to hydrolysis) is 1. The largest absolute Gasteiger partial charge is 0.458 e. The number of fused-ring (bicyclic) bond motifs is 1. The van der Waals surface area contributed by atoms with E-state index in [2.05, 4.69) is 25.9 Å². The highest BCUT2D eigenvalue weighted by Crippen LogP contribution is 2.31. The molecule has 1 aliphatic rings. The van der Waals surface area contributed by atoms with Crippen LogP contribution in [0.4, 0.5) is 9.59 Å². The molecule has 2 atom stereocenters. The van der Waals surface area contributed by atoms with E-state index < -0.39 is 41.3 Å². The van der Waals surface area contributed by atoms with E-state index in [0.29, 0.717) is 11.9 Å². The molecule has 0 saturated carbocycles. The molecule has 1 aliphatic heterocycles. The number of benzene rings is 2. The normalized spacial score (nSPS) is 17.4. The van der Waals surface area contributed by atoms with Gasteiger partial charge >= 0.3 is 24.1 Å². The van der Waals surface area contributed by atoms with Gasteiger partial charge in [0.05, 0.1) is 6.54 Å². The molecule has 0 unspecified atom stereocenters. The minimum absolute atomic E-state index is 0.0508. The van der Waals surface area contributed by atoms with Gasteiger partial charge < -0.3 is 29.7 Å². The summed E-state index contributed by atoms with van der Waals surface area (Å²) in [6.07, 6.45) is 0.251. The van der Waals surface area contributed by atoms with Gasteiger partial charge in [0.25, 0.3) is 0 Å². The highest BCUT2D eigenvalue weighted by molar-refractivity contribution is 5.89. The van der Waals surface area contributed by atoms with Crippen molar-refractivity contribution >= 4 is 35.3 Å². The predicted octanol–water partition coefficient (Wildman–Crippen LogP) is 3.18. The fraction of sp³-hybridized carbons (Fsp3) is 0.382. The van der Waals surface area contributed by atoms with Crippen LogP contribution in [0.2, 0.25) is 0 Å². The second kappa shape index (κ2) is 15.6. The fourth-order valence-electron chi connectivity index (χ4n) is 5.18. The first-order valence-corrected chi connectivity index (χ1v) is 15.8. The number of nitrogens with zero attached hydrogens (tertiary/aromatic N) is 5. The number of amides is 2. The summed E-state index contributed by atoms with van der Waals surface area (Å²) in [5.74, 6) is -1.55. The number of hydrogen-bond acceptors (Lipinski definition) is 12. The zero-order chi connectivity index (χ0) is 34.9. The van der Waals surface area contributed by atoms with Crippen molar-refractivity contribution in [3.8, 4) is 0 Å². The summed E-state index contributed by atoms with van der Waals surface area (Å²) in [7, 11) is 0. The van der Waals surface area contributed by atoms with Crippen molar-refractivity contribution in [1.29, 1.82) is 0 Å². The second-order valence-corrected chi connectivity index (χ2v) is 12.5. The molecule has 0 aliphatic carbocycles. The fourth-order valence-corrected chi connectivity index (χ4v) is 5.18. The molecule has 1 saturated heterocycles. The van der Waals surface area contributed by atoms with Crippen molar-refractivity contribution in [2.24, 2.45) is 0 Å². The molecule has 4 aromatic rings. The van der Waals surface area contributed by atoms with Gasteiger partial charge in [-0.15, -0.1) is 5.10 Å². The Hall–Kier alpha value is -5.57. The number of ether oxygens (including phenoxy) is 3. The number of rotatable bonds is 12. The van der Waals surface area contributed by atoms with E-state index in [1.807, 2.05) is 48.5 Å². The molecule has 2 aromatic carbocycles. The summed E-state index contributed by atoms with van der Waals surface area (Å²) < 4.78 is 16.5. The van der Waals surface area contributed by atoms with Crippen LogP contribution < -0.4 is 15.5 Å². The van der Waals surface area contributed by atoms with Gasteiger partial charge in [0.1, 0.15) is 35.9 Å². The number of nitrogens with one attached hydrogen (secondary N) is 2. The van der Waals surface area contributed by atoms with E-state index >= 15 is 0 Å². The third-order valence-corrected chi connectivity index (χ3v) is 7.52. The van der Waals surface area contributed by atoms with Crippen LogP contribution >= 0.6 is 0 Å². The Morgan fingerprint density at radius 1 is 0.898 bits per heavy atom. The lowest BCUT2D eigenvalue weighted by Crippen LogP contribution is -2.58. The van der Waals surface area contributed by atoms with Crippen LogP contribution in [-0.4, -0.2) is 86.0 Å². The molecule has 0 spiro atoms. The summed E-state index contributed by atoms with van der Waals surface area (Å²) in [5, 5.41) is 13.8. The third kappa shape index (κ3) is 9.28. The van der Waals surface area contributed by atoms with Crippen molar-refractivity contribution in [1.82, 2.24) is 35.7 Å². The smallest absolute Gasteiger partial charge is 0.410 e. The Balaban J connectivity index is 1.31. The van der Waals surface area contributed by atoms with Gasteiger partial charge in [-0.05, 0) is 67.1 Å². The average molecular weight is 674 g/mol. The lowest BCUT2D eigenvalue weighted by molar-refractivity contribution is -0.160. The Morgan fingerprint density at radius 3 is 2.24 bits per heavy atom. The Bertz CT molecular complexity index is 1750. The highest BCUT2D eigenvalue weighted by Gasteiger charge is 2.56. The molecule has 3 heterocycles. The lowest BCUT2D eigenvalue weighted by atomic mass is 9.95. The first-order valence-electron chi connectivity index (χ1n) is 15.8. The van der Waals surface area contributed by atoms with Gasteiger partial charge in [0.15, 0.2) is 0 Å². The van der Waals surface area contributed by atoms with Gasteiger partial charge in [-0.2, -0.15) is 0 Å². The third-order valence-electron chi connectivity index (χ3n) is 7.52. The number of carbonyl (C=O) groups excluding carboxylic acids is 4. The van der Waals surface area contributed by atoms with Crippen molar-refractivity contribution in [2.45, 2.75) is 64.0 Å². The van der Waals surface area contributed by atoms with Gasteiger partial charge in [-0.1, -0.05) is 60.7 Å². The zero-order valence-electron chi connectivity index (χ0n) is 27.5. The number of aromatic nitrogens is 4. The van der Waals surface area contributed by atoms with Gasteiger partial charge in [-0.3, -0.25) is 4.90 Å². The maximum atomic E-state index is 14.0. The Labute approximate surface area is 282 Å². The Morgan fingerprint density at radius 2 is 1.57 bits per heavy atom. The molecular weight excluding hydrogens is 634 g/mol. The van der Waals surface area contributed by atoms with Crippen LogP contribution in [0.5, 0.6) is 0 Å². The zero-order valence-corrected chi connectivity index (χ0v) is 27.5. The molecule has 0 radical (unpaired) electrons. The number of carbonyl (C=O) groups is 4. The molecule has 0 bridgehead atoms. The minimum atomic E-state index is -1.62. The summed E-state index contributed by atoms with van der Waals surface area (Å²) >= 11 is 0. The summed E-state index contributed by atoms with van der Waals surface area (Å²) in [6.45, 7) is 5.28. The molecule has 1 fully saturated rings. The van der Waals surface area contributed by atoms with Crippen molar-refractivity contribution in [2.75, 3.05) is 19.6 Å². The van der Waals surface area contributed by atoms with Crippen LogP contribution in [0.15, 0.2) is 79.0 Å². The van der Waals surface area contributed by atoms with Crippen molar-refractivity contribution < 1.29 is 38.2 Å². The quantitative estimate of drug-likeness (QED) is 0.0974. The van der Waals surface area contributed by atoms with E-state index in [9.17, 15) is 19.2 Å². The van der Waals surface area contributed by atoms with Crippen LogP contribution in [0.3, 0.4) is 0 Å². The molecule has 15 nitrogen and oxygen atoms in total. The molecule has 5 rings (SSSR count). The maximum Gasteiger partial charge on any atom is 0.410 e. The minimum Gasteiger partial charge on any atom is -0.458 e. The van der Waals surface area contributed by atoms with Crippen LogP contribution in [0.1, 0.15) is 44.7 Å². The molecule has 15 heteroatoms. The van der Waals surface area contributed by atoms with Gasteiger partial charge in [-0.25, -0.2) is 24.2 Å². The van der Waals surface area contributed by atoms with E-state index in [1.165, 1.54) is 11.1 Å². The van der Waals surface area contributed by atoms with E-state index in [4.69, 9.17) is 19.0 Å². The SMILES string of the molecule is CC(C)(C)OC(=O)[C@@H]1C[C@@](NCCCNC(=O)OCc2ccccc2)(C(=O)On2nnc3cccnc32)CN1C(=O)OCc1ccccc1. The number of esters is 1. The monoisotopic (exact) mass is 673 g/mol. The molecule has 2 amide bonds. The van der Waals surface area contributed by atoms with Crippen LogP contribution in [0.25, 0.3) is 11.2 Å². The Kier molecular flexibility index (Phi) is 11.0. The van der Waals surface area contributed by atoms with Crippen LogP contribution in [-0.2, 0) is 37.0 Å². The molecular formula is C34H39N7O8. The van der Waals surface area contributed by atoms with Gasteiger partial charge in [0, 0.05) is 19.2 Å². The van der Waals surface area contributed by atoms with E-state index in [0.717, 1.165) is 16.0 Å². The summed E-state index contributed by atoms with van der Waals surface area (Å²) in [4.78, 5) is 65.3. The summed E-state index contributed by atoms with van der Waals surface area (Å²) in [5.41, 5.74) is -0.302. The first kappa shape index (κ1) is 34.8.